The summed E-state index contributed by atoms with van der Waals surface area (Å²) in [5.41, 5.74) is -0.405. The van der Waals surface area contributed by atoms with Gasteiger partial charge in [0.15, 0.2) is 11.5 Å². The van der Waals surface area contributed by atoms with E-state index in [9.17, 15) is 18.0 Å². The van der Waals surface area contributed by atoms with Gasteiger partial charge in [-0.1, -0.05) is 42.5 Å². The van der Waals surface area contributed by atoms with Crippen molar-refractivity contribution < 1.29 is 27.5 Å². The number of fused-ring (bicyclic) bond motifs is 1. The molecule has 1 aliphatic heterocycles. The van der Waals surface area contributed by atoms with Gasteiger partial charge in [0.25, 0.3) is 0 Å². The maximum atomic E-state index is 13.3. The van der Waals surface area contributed by atoms with Crippen molar-refractivity contribution in [3.05, 3.63) is 66.2 Å². The Kier molecular flexibility index (Phi) is 9.05. The number of sulfonamides is 1. The molecule has 10 nitrogen and oxygen atoms in total. The molecule has 208 valence electrons. The minimum absolute atomic E-state index is 0.0356. The molecule has 1 saturated heterocycles. The summed E-state index contributed by atoms with van der Waals surface area (Å²) in [6, 6.07) is 18.0. The predicted octanol–water partition coefficient (Wildman–Crippen LogP) is 1.73. The third kappa shape index (κ3) is 6.67. The lowest BCUT2D eigenvalue weighted by Gasteiger charge is -2.36. The van der Waals surface area contributed by atoms with Crippen molar-refractivity contribution in [1.82, 2.24) is 20.7 Å². The highest BCUT2D eigenvalue weighted by molar-refractivity contribution is 7.89. The molecule has 0 aliphatic carbocycles. The largest absolute Gasteiger partial charge is 0.493 e. The summed E-state index contributed by atoms with van der Waals surface area (Å²) in [5, 5.41) is 10.9. The van der Waals surface area contributed by atoms with Crippen LogP contribution >= 0.6 is 0 Å². The third-order valence-electron chi connectivity index (χ3n) is 6.85. The van der Waals surface area contributed by atoms with Crippen LogP contribution in [0.2, 0.25) is 0 Å². The fraction of sp³-hybridized carbons (Fsp3) is 0.357. The number of hydrogen-bond acceptors (Lipinski definition) is 7. The molecule has 4 N–H and O–H groups in total. The van der Waals surface area contributed by atoms with E-state index < -0.39 is 21.5 Å². The average molecular weight is 555 g/mol. The number of methoxy groups -OCH3 is 2. The number of amides is 2. The number of rotatable bonds is 11. The minimum atomic E-state index is -4.06. The molecular formula is C28H34N4O6S. The molecule has 3 aromatic carbocycles. The van der Waals surface area contributed by atoms with Crippen LogP contribution in [0.25, 0.3) is 10.8 Å². The van der Waals surface area contributed by atoms with Crippen LogP contribution in [0.15, 0.2) is 65.6 Å². The Morgan fingerprint density at radius 1 is 0.897 bits per heavy atom. The first-order chi connectivity index (χ1) is 18.8. The van der Waals surface area contributed by atoms with E-state index in [0.29, 0.717) is 18.8 Å². The molecule has 0 unspecified atom stereocenters. The predicted molar refractivity (Wildman–Crippen MR) is 148 cm³/mol. The van der Waals surface area contributed by atoms with E-state index >= 15 is 0 Å². The molecule has 0 radical (unpaired) electrons. The van der Waals surface area contributed by atoms with Gasteiger partial charge in [-0.3, -0.25) is 9.59 Å². The molecule has 0 spiro atoms. The zero-order valence-electron chi connectivity index (χ0n) is 22.1. The number of ether oxygens (including phenoxy) is 2. The van der Waals surface area contributed by atoms with Gasteiger partial charge in [0.2, 0.25) is 21.8 Å². The van der Waals surface area contributed by atoms with E-state index in [-0.39, 0.29) is 48.9 Å². The van der Waals surface area contributed by atoms with Crippen molar-refractivity contribution >= 4 is 32.6 Å². The van der Waals surface area contributed by atoms with Gasteiger partial charge in [0.05, 0.1) is 25.5 Å². The van der Waals surface area contributed by atoms with Gasteiger partial charge in [-0.2, -0.15) is 4.72 Å². The molecule has 3 aromatic rings. The maximum absolute atomic E-state index is 13.3. The SMILES string of the molecule is COc1ccc(S(=O)(=O)NC2(C(=O)NCCNC(=O)Cc3cccc4ccccc34)CCNCC2)cc1OC. The van der Waals surface area contributed by atoms with E-state index in [1.54, 1.807) is 0 Å². The number of benzene rings is 3. The lowest BCUT2D eigenvalue weighted by atomic mass is 9.88. The van der Waals surface area contributed by atoms with Crippen LogP contribution in [-0.2, 0) is 26.0 Å². The van der Waals surface area contributed by atoms with Gasteiger partial charge in [-0.15, -0.1) is 0 Å². The first-order valence-electron chi connectivity index (χ1n) is 12.8. The fourth-order valence-corrected chi connectivity index (χ4v) is 6.20. The summed E-state index contributed by atoms with van der Waals surface area (Å²) in [7, 11) is -1.18. The molecule has 0 saturated carbocycles. The molecule has 2 amide bonds. The second-order valence-electron chi connectivity index (χ2n) is 9.38. The minimum Gasteiger partial charge on any atom is -0.493 e. The second-order valence-corrected chi connectivity index (χ2v) is 11.1. The normalized spacial score (nSPS) is 14.9. The summed E-state index contributed by atoms with van der Waals surface area (Å²) in [6.07, 6.45) is 0.771. The van der Waals surface area contributed by atoms with Crippen LogP contribution in [-0.4, -0.2) is 66.2 Å². The number of carbonyl (C=O) groups is 2. The summed E-state index contributed by atoms with van der Waals surface area (Å²) in [4.78, 5) is 25.8. The molecular weight excluding hydrogens is 520 g/mol. The van der Waals surface area contributed by atoms with Gasteiger partial charge in [-0.25, -0.2) is 8.42 Å². The Balaban J connectivity index is 1.37. The first-order valence-corrected chi connectivity index (χ1v) is 14.2. The topological polar surface area (TPSA) is 135 Å². The van der Waals surface area contributed by atoms with Crippen LogP contribution in [0, 0.1) is 0 Å². The van der Waals surface area contributed by atoms with E-state index in [1.165, 1.54) is 32.4 Å². The molecule has 39 heavy (non-hydrogen) atoms. The van der Waals surface area contributed by atoms with Gasteiger partial charge in [0.1, 0.15) is 5.54 Å². The van der Waals surface area contributed by atoms with Crippen LogP contribution in [0.3, 0.4) is 0 Å². The second kappa shape index (κ2) is 12.5. The van der Waals surface area contributed by atoms with Crippen LogP contribution < -0.4 is 30.1 Å². The third-order valence-corrected chi connectivity index (χ3v) is 8.38. The van der Waals surface area contributed by atoms with Crippen LogP contribution in [0.4, 0.5) is 0 Å². The smallest absolute Gasteiger partial charge is 0.241 e. The highest BCUT2D eigenvalue weighted by atomic mass is 32.2. The molecule has 11 heteroatoms. The Bertz CT molecular complexity index is 1430. The highest BCUT2D eigenvalue weighted by Gasteiger charge is 2.43. The Morgan fingerprint density at radius 3 is 2.33 bits per heavy atom. The highest BCUT2D eigenvalue weighted by Crippen LogP contribution is 2.30. The molecule has 1 heterocycles. The quantitative estimate of drug-likeness (QED) is 0.265. The number of hydrogen-bond donors (Lipinski definition) is 4. The lowest BCUT2D eigenvalue weighted by molar-refractivity contribution is -0.128. The Hall–Kier alpha value is -3.67. The van der Waals surface area contributed by atoms with Crippen LogP contribution in [0.1, 0.15) is 18.4 Å². The summed E-state index contributed by atoms with van der Waals surface area (Å²) < 4.78 is 39.7. The van der Waals surface area contributed by atoms with Crippen molar-refractivity contribution in [2.75, 3.05) is 40.4 Å². The number of nitrogens with one attached hydrogen (secondary N) is 4. The van der Waals surface area contributed by atoms with Crippen molar-refractivity contribution in [2.24, 2.45) is 0 Å². The molecule has 0 bridgehead atoms. The van der Waals surface area contributed by atoms with Gasteiger partial charge < -0.3 is 25.4 Å². The van der Waals surface area contributed by atoms with Gasteiger partial charge >= 0.3 is 0 Å². The van der Waals surface area contributed by atoms with Crippen LogP contribution in [0.5, 0.6) is 11.5 Å². The average Bonchev–Trinajstić information content (AvgIpc) is 2.95. The summed E-state index contributed by atoms with van der Waals surface area (Å²) >= 11 is 0. The molecule has 1 fully saturated rings. The Labute approximate surface area is 228 Å². The Morgan fingerprint density at radius 2 is 1.59 bits per heavy atom. The van der Waals surface area contributed by atoms with E-state index in [0.717, 1.165) is 16.3 Å². The monoisotopic (exact) mass is 554 g/mol. The standard InChI is InChI=1S/C28H34N4O6S/c1-37-24-11-10-22(19-25(24)38-2)39(35,36)32-28(12-14-29-15-13-28)27(34)31-17-16-30-26(33)18-21-8-5-7-20-6-3-4-9-23(20)21/h3-11,19,29,32H,12-18H2,1-2H3,(H,30,33)(H,31,34). The number of piperidine rings is 1. The number of carbonyl (C=O) groups excluding carboxylic acids is 2. The zero-order valence-corrected chi connectivity index (χ0v) is 22.9. The molecule has 0 aromatic heterocycles. The molecule has 0 atom stereocenters. The van der Waals surface area contributed by atoms with Crippen molar-refractivity contribution in [3.63, 3.8) is 0 Å². The van der Waals surface area contributed by atoms with Crippen molar-refractivity contribution in [2.45, 2.75) is 29.7 Å². The van der Waals surface area contributed by atoms with Gasteiger partial charge in [-0.05, 0) is 54.4 Å². The van der Waals surface area contributed by atoms with Crippen molar-refractivity contribution in [1.29, 1.82) is 0 Å². The van der Waals surface area contributed by atoms with Crippen molar-refractivity contribution in [3.8, 4) is 11.5 Å². The molecule has 4 rings (SSSR count). The van der Waals surface area contributed by atoms with E-state index in [4.69, 9.17) is 9.47 Å². The van der Waals surface area contributed by atoms with Gasteiger partial charge in [0, 0.05) is 19.2 Å². The van der Waals surface area contributed by atoms with E-state index in [1.807, 2.05) is 42.5 Å². The first kappa shape index (κ1) is 28.3. The maximum Gasteiger partial charge on any atom is 0.241 e. The fourth-order valence-electron chi connectivity index (χ4n) is 4.76. The summed E-state index contributed by atoms with van der Waals surface area (Å²) in [6.45, 7) is 1.33. The van der Waals surface area contributed by atoms with E-state index in [2.05, 4.69) is 20.7 Å². The zero-order chi connectivity index (χ0) is 27.9. The summed E-state index contributed by atoms with van der Waals surface area (Å²) in [5.74, 6) is 0.0689. The molecule has 1 aliphatic rings. The lowest BCUT2D eigenvalue weighted by Crippen LogP contribution is -2.63.